The highest BCUT2D eigenvalue weighted by molar-refractivity contribution is 7.99. The van der Waals surface area contributed by atoms with Gasteiger partial charge in [-0.05, 0) is 68.6 Å². The molecular formula is C19H22N8S2. The summed E-state index contributed by atoms with van der Waals surface area (Å²) in [6.45, 7) is 6.41. The Morgan fingerprint density at radius 1 is 1.17 bits per heavy atom. The van der Waals surface area contributed by atoms with Gasteiger partial charge in [0.05, 0.1) is 0 Å². The first-order valence-corrected chi connectivity index (χ1v) is 11.5. The molecule has 1 unspecified atom stereocenters. The summed E-state index contributed by atoms with van der Waals surface area (Å²) in [6.07, 6.45) is 2.33. The molecule has 1 atom stereocenters. The highest BCUT2D eigenvalue weighted by Crippen LogP contribution is 2.32. The lowest BCUT2D eigenvalue weighted by molar-refractivity contribution is 0.414. The van der Waals surface area contributed by atoms with Gasteiger partial charge in [0.15, 0.2) is 16.6 Å². The molecule has 8 nitrogen and oxygen atoms in total. The molecule has 5 rings (SSSR count). The van der Waals surface area contributed by atoms with Crippen molar-refractivity contribution in [2.45, 2.75) is 48.8 Å². The van der Waals surface area contributed by atoms with Crippen molar-refractivity contribution >= 4 is 28.7 Å². The maximum Gasteiger partial charge on any atom is 0.197 e. The molecule has 4 aromatic rings. The van der Waals surface area contributed by atoms with Crippen LogP contribution in [0.5, 0.6) is 0 Å². The fourth-order valence-electron chi connectivity index (χ4n) is 3.69. The minimum Gasteiger partial charge on any atom is -0.316 e. The molecule has 4 aromatic heterocycles. The first-order valence-electron chi connectivity index (χ1n) is 9.79. The van der Waals surface area contributed by atoms with Crippen LogP contribution in [0.2, 0.25) is 0 Å². The van der Waals surface area contributed by atoms with Gasteiger partial charge in [0.1, 0.15) is 10.9 Å². The molecule has 0 aromatic carbocycles. The van der Waals surface area contributed by atoms with Crippen LogP contribution in [0.4, 0.5) is 0 Å². The van der Waals surface area contributed by atoms with Crippen LogP contribution in [0.15, 0.2) is 39.1 Å². The Labute approximate surface area is 176 Å². The van der Waals surface area contributed by atoms with Crippen LogP contribution in [-0.4, -0.2) is 47.7 Å². The van der Waals surface area contributed by atoms with Gasteiger partial charge in [0, 0.05) is 29.4 Å². The van der Waals surface area contributed by atoms with Crippen LogP contribution >= 0.6 is 23.1 Å². The summed E-state index contributed by atoms with van der Waals surface area (Å²) < 4.78 is 4.05. The second-order valence-corrected chi connectivity index (χ2v) is 9.19. The van der Waals surface area contributed by atoms with Crippen LogP contribution in [0, 0.1) is 0 Å². The summed E-state index contributed by atoms with van der Waals surface area (Å²) in [5.41, 5.74) is 1.75. The van der Waals surface area contributed by atoms with E-state index in [1.807, 2.05) is 23.6 Å². The molecule has 1 saturated heterocycles. The zero-order chi connectivity index (χ0) is 19.8. The average molecular weight is 427 g/mol. The Balaban J connectivity index is 1.49. The van der Waals surface area contributed by atoms with Gasteiger partial charge in [0.25, 0.3) is 0 Å². The lowest BCUT2D eigenvalue weighted by Gasteiger charge is -2.24. The van der Waals surface area contributed by atoms with Crippen molar-refractivity contribution in [1.82, 2.24) is 39.9 Å². The third-order valence-electron chi connectivity index (χ3n) is 5.08. The van der Waals surface area contributed by atoms with E-state index in [1.165, 1.54) is 18.2 Å². The van der Waals surface area contributed by atoms with Gasteiger partial charge >= 0.3 is 0 Å². The van der Waals surface area contributed by atoms with Gasteiger partial charge in [-0.2, -0.15) is 21.0 Å². The highest BCUT2D eigenvalue weighted by atomic mass is 32.2. The molecule has 0 radical (unpaired) electrons. The molecule has 10 heteroatoms. The van der Waals surface area contributed by atoms with E-state index in [9.17, 15) is 0 Å². The highest BCUT2D eigenvalue weighted by Gasteiger charge is 2.25. The lowest BCUT2D eigenvalue weighted by Crippen LogP contribution is -2.30. The van der Waals surface area contributed by atoms with Crippen molar-refractivity contribution in [1.29, 1.82) is 0 Å². The summed E-state index contributed by atoms with van der Waals surface area (Å²) in [7, 11) is 0. The van der Waals surface area contributed by atoms with Crippen LogP contribution in [0.1, 0.15) is 44.5 Å². The van der Waals surface area contributed by atoms with Crippen molar-refractivity contribution in [3.05, 3.63) is 34.8 Å². The van der Waals surface area contributed by atoms with E-state index in [-0.39, 0.29) is 6.04 Å². The summed E-state index contributed by atoms with van der Waals surface area (Å²) in [5.74, 6) is 2.23. The largest absolute Gasteiger partial charge is 0.316 e. The van der Waals surface area contributed by atoms with E-state index in [1.54, 1.807) is 15.9 Å². The molecule has 29 heavy (non-hydrogen) atoms. The number of rotatable bonds is 5. The van der Waals surface area contributed by atoms with Crippen LogP contribution in [-0.2, 0) is 0 Å². The van der Waals surface area contributed by atoms with E-state index < -0.39 is 0 Å². The molecule has 1 aliphatic heterocycles. The molecule has 0 saturated carbocycles. The van der Waals surface area contributed by atoms with Crippen molar-refractivity contribution < 1.29 is 0 Å². The molecule has 0 bridgehead atoms. The fourth-order valence-corrected chi connectivity index (χ4v) is 5.25. The molecule has 150 valence electrons. The Hall–Kier alpha value is -2.30. The SMILES string of the molecule is CC(C)n1c(Sc2ccc3nnc(-c4ccsc4)n3n2)nnc1C1CCCNC1. The van der Waals surface area contributed by atoms with Crippen LogP contribution in [0.3, 0.4) is 0 Å². The molecule has 5 heterocycles. The molecule has 0 spiro atoms. The van der Waals surface area contributed by atoms with Crippen molar-refractivity contribution in [3.63, 3.8) is 0 Å². The minimum absolute atomic E-state index is 0.282. The summed E-state index contributed by atoms with van der Waals surface area (Å²) in [5, 5.41) is 31.7. The molecule has 0 amide bonds. The third-order valence-corrected chi connectivity index (χ3v) is 6.65. The second-order valence-electron chi connectivity index (χ2n) is 7.43. The van der Waals surface area contributed by atoms with Crippen molar-refractivity contribution in [2.24, 2.45) is 0 Å². The normalized spacial score (nSPS) is 17.4. The molecule has 1 N–H and O–H groups in total. The van der Waals surface area contributed by atoms with Gasteiger partial charge in [-0.25, -0.2) is 0 Å². The third kappa shape index (κ3) is 3.56. The maximum absolute atomic E-state index is 4.77. The number of hydrogen-bond donors (Lipinski definition) is 1. The molecular weight excluding hydrogens is 404 g/mol. The fraction of sp³-hybridized carbons (Fsp3) is 0.421. The Morgan fingerprint density at radius 3 is 2.86 bits per heavy atom. The van der Waals surface area contributed by atoms with E-state index in [0.29, 0.717) is 5.92 Å². The number of fused-ring (bicyclic) bond motifs is 1. The Morgan fingerprint density at radius 2 is 2.10 bits per heavy atom. The average Bonchev–Trinajstić information content (AvgIpc) is 3.47. The number of nitrogens with zero attached hydrogens (tertiary/aromatic N) is 7. The van der Waals surface area contributed by atoms with Crippen LogP contribution < -0.4 is 5.32 Å². The van der Waals surface area contributed by atoms with Gasteiger partial charge < -0.3 is 9.88 Å². The van der Waals surface area contributed by atoms with Crippen LogP contribution in [0.25, 0.3) is 17.0 Å². The van der Waals surface area contributed by atoms with Gasteiger partial charge in [0.2, 0.25) is 0 Å². The number of aromatic nitrogens is 7. The predicted molar refractivity (Wildman–Crippen MR) is 113 cm³/mol. The number of thiophene rings is 1. The summed E-state index contributed by atoms with van der Waals surface area (Å²) in [6, 6.07) is 6.22. The van der Waals surface area contributed by atoms with Crippen molar-refractivity contribution in [3.8, 4) is 11.4 Å². The Kier molecular flexibility index (Phi) is 5.06. The number of piperidine rings is 1. The zero-order valence-electron chi connectivity index (χ0n) is 16.3. The zero-order valence-corrected chi connectivity index (χ0v) is 17.9. The molecule has 1 fully saturated rings. The lowest BCUT2D eigenvalue weighted by atomic mass is 9.98. The molecule has 1 aliphatic rings. The second kappa shape index (κ2) is 7.85. The minimum atomic E-state index is 0.282. The van der Waals surface area contributed by atoms with E-state index in [2.05, 4.69) is 49.5 Å². The number of nitrogens with one attached hydrogen (secondary N) is 1. The maximum atomic E-state index is 4.77. The van der Waals surface area contributed by atoms with Gasteiger partial charge in [-0.3, -0.25) is 0 Å². The summed E-state index contributed by atoms with van der Waals surface area (Å²) >= 11 is 3.17. The Bertz CT molecular complexity index is 1110. The molecule has 0 aliphatic carbocycles. The first-order chi connectivity index (χ1) is 14.2. The summed E-state index contributed by atoms with van der Waals surface area (Å²) in [4.78, 5) is 0. The quantitative estimate of drug-likeness (QED) is 0.521. The smallest absolute Gasteiger partial charge is 0.197 e. The van der Waals surface area contributed by atoms with E-state index >= 15 is 0 Å². The van der Waals surface area contributed by atoms with Gasteiger partial charge in [-0.15, -0.1) is 20.4 Å². The van der Waals surface area contributed by atoms with Crippen molar-refractivity contribution in [2.75, 3.05) is 13.1 Å². The monoisotopic (exact) mass is 426 g/mol. The van der Waals surface area contributed by atoms with Gasteiger partial charge in [-0.1, -0.05) is 0 Å². The first kappa shape index (κ1) is 18.7. The topological polar surface area (TPSA) is 85.8 Å². The predicted octanol–water partition coefficient (Wildman–Crippen LogP) is 3.64. The van der Waals surface area contributed by atoms with E-state index in [4.69, 9.17) is 5.10 Å². The number of hydrogen-bond acceptors (Lipinski definition) is 8. The van der Waals surface area contributed by atoms with E-state index in [0.717, 1.165) is 52.6 Å². The standard InChI is InChI=1S/C19H22N8S2/c1-12(2)26-17(13-4-3-8-20-10-13)22-24-19(26)29-16-6-5-15-21-23-18(27(15)25-16)14-7-9-28-11-14/h5-7,9,11-13,20H,3-4,8,10H2,1-2H3.